The first-order chi connectivity index (χ1) is 11.3. The summed E-state index contributed by atoms with van der Waals surface area (Å²) in [7, 11) is 0. The molecule has 24 heavy (non-hydrogen) atoms. The summed E-state index contributed by atoms with van der Waals surface area (Å²) in [6, 6.07) is 0. The molecule has 1 aromatic rings. The largest absolute Gasteiger partial charge is 0.444 e. The summed E-state index contributed by atoms with van der Waals surface area (Å²) < 4.78 is 5.43. The smallest absolute Gasteiger partial charge is 0.410 e. The molecule has 0 aromatic carbocycles. The number of carbonyl (C=O) groups excluding carboxylic acids is 2. The van der Waals surface area contributed by atoms with Crippen molar-refractivity contribution in [1.82, 2.24) is 14.9 Å². The fourth-order valence-electron chi connectivity index (χ4n) is 3.23. The van der Waals surface area contributed by atoms with E-state index in [9.17, 15) is 9.59 Å². The number of carbonyl (C=O) groups is 2. The van der Waals surface area contributed by atoms with Crippen molar-refractivity contribution >= 4 is 17.8 Å². The van der Waals surface area contributed by atoms with E-state index in [0.29, 0.717) is 31.7 Å². The van der Waals surface area contributed by atoms with Gasteiger partial charge in [0.2, 0.25) is 5.91 Å². The zero-order chi connectivity index (χ0) is 17.3. The maximum absolute atomic E-state index is 12.2. The van der Waals surface area contributed by atoms with Gasteiger partial charge in [-0.2, -0.15) is 0 Å². The third-order valence-electron chi connectivity index (χ3n) is 4.37. The maximum atomic E-state index is 12.2. The topological polar surface area (TPSA) is 84.4 Å². The number of rotatable bonds is 1. The minimum atomic E-state index is -0.474. The SMILES string of the molecule is CC(C)(C)OC(=O)N1CCC(c2ncnc3c2CCC(=O)N3)CC1. The Morgan fingerprint density at radius 1 is 1.25 bits per heavy atom. The number of anilines is 1. The molecule has 0 bridgehead atoms. The number of ether oxygens (including phenoxy) is 1. The van der Waals surface area contributed by atoms with E-state index in [1.54, 1.807) is 4.90 Å². The summed E-state index contributed by atoms with van der Waals surface area (Å²) in [5, 5.41) is 2.82. The van der Waals surface area contributed by atoms with Crippen LogP contribution < -0.4 is 5.32 Å². The molecule has 2 aliphatic heterocycles. The van der Waals surface area contributed by atoms with E-state index < -0.39 is 5.60 Å². The van der Waals surface area contributed by atoms with Gasteiger partial charge in [0.05, 0.1) is 5.69 Å². The monoisotopic (exact) mass is 332 g/mol. The van der Waals surface area contributed by atoms with E-state index in [0.717, 1.165) is 24.1 Å². The molecular weight excluding hydrogens is 308 g/mol. The van der Waals surface area contributed by atoms with Crippen LogP contribution in [0.5, 0.6) is 0 Å². The number of likely N-dealkylation sites (tertiary alicyclic amines) is 1. The number of piperidine rings is 1. The molecule has 0 radical (unpaired) electrons. The Balaban J connectivity index is 1.67. The molecule has 1 saturated heterocycles. The molecule has 0 spiro atoms. The van der Waals surface area contributed by atoms with Gasteiger partial charge in [0.25, 0.3) is 0 Å². The average molecular weight is 332 g/mol. The van der Waals surface area contributed by atoms with Crippen LogP contribution >= 0.6 is 0 Å². The normalized spacial score (nSPS) is 18.8. The highest BCUT2D eigenvalue weighted by Crippen LogP contribution is 2.33. The molecule has 0 saturated carbocycles. The standard InChI is InChI=1S/C17H24N4O3/c1-17(2,3)24-16(23)21-8-6-11(7-9-21)14-12-4-5-13(22)20-15(12)19-10-18-14/h10-11H,4-9H2,1-3H3,(H,18,19,20,22). The van der Waals surface area contributed by atoms with Crippen LogP contribution in [0, 0.1) is 0 Å². The number of amides is 2. The second-order valence-electron chi connectivity index (χ2n) is 7.38. The van der Waals surface area contributed by atoms with Gasteiger partial charge in [-0.05, 0) is 40.0 Å². The van der Waals surface area contributed by atoms with E-state index >= 15 is 0 Å². The van der Waals surface area contributed by atoms with Crippen LogP contribution in [0.4, 0.5) is 10.6 Å². The number of hydrogen-bond acceptors (Lipinski definition) is 5. The fraction of sp³-hybridized carbons (Fsp3) is 0.647. The van der Waals surface area contributed by atoms with Gasteiger partial charge in [-0.15, -0.1) is 0 Å². The first-order valence-electron chi connectivity index (χ1n) is 8.45. The summed E-state index contributed by atoms with van der Waals surface area (Å²) in [6.07, 6.45) is 4.11. The Labute approximate surface area is 141 Å². The van der Waals surface area contributed by atoms with Crippen molar-refractivity contribution in [2.45, 2.75) is 58.0 Å². The van der Waals surface area contributed by atoms with Crippen molar-refractivity contribution in [3.63, 3.8) is 0 Å². The number of hydrogen-bond donors (Lipinski definition) is 1. The summed E-state index contributed by atoms with van der Waals surface area (Å²) in [5.41, 5.74) is 1.59. The van der Waals surface area contributed by atoms with E-state index in [2.05, 4.69) is 15.3 Å². The molecule has 2 amide bonds. The highest BCUT2D eigenvalue weighted by Gasteiger charge is 2.30. The Kier molecular flexibility index (Phi) is 4.43. The van der Waals surface area contributed by atoms with E-state index in [1.165, 1.54) is 6.33 Å². The maximum Gasteiger partial charge on any atom is 0.410 e. The molecule has 1 aromatic heterocycles. The van der Waals surface area contributed by atoms with Crippen LogP contribution in [0.15, 0.2) is 6.33 Å². The van der Waals surface area contributed by atoms with Crippen LogP contribution in [-0.4, -0.2) is 45.6 Å². The first kappa shape index (κ1) is 16.7. The Bertz CT molecular complexity index is 646. The minimum absolute atomic E-state index is 0.00638. The Hall–Kier alpha value is -2.18. The van der Waals surface area contributed by atoms with Gasteiger partial charge in [-0.1, -0.05) is 0 Å². The fourth-order valence-corrected chi connectivity index (χ4v) is 3.23. The van der Waals surface area contributed by atoms with Crippen molar-refractivity contribution in [3.8, 4) is 0 Å². The quantitative estimate of drug-likeness (QED) is 0.854. The molecule has 0 atom stereocenters. The zero-order valence-electron chi connectivity index (χ0n) is 14.5. The number of nitrogens with one attached hydrogen (secondary N) is 1. The molecule has 7 heteroatoms. The summed E-state index contributed by atoms with van der Waals surface area (Å²) in [4.78, 5) is 34.1. The molecule has 0 aliphatic carbocycles. The summed E-state index contributed by atoms with van der Waals surface area (Å²) in [6.45, 7) is 6.94. The van der Waals surface area contributed by atoms with Gasteiger partial charge in [-0.3, -0.25) is 4.79 Å². The molecule has 2 aliphatic rings. The molecule has 3 rings (SSSR count). The zero-order valence-corrected chi connectivity index (χ0v) is 14.5. The van der Waals surface area contributed by atoms with E-state index in [1.807, 2.05) is 20.8 Å². The van der Waals surface area contributed by atoms with Gasteiger partial charge < -0.3 is 15.0 Å². The average Bonchev–Trinajstić information content (AvgIpc) is 2.52. The third-order valence-corrected chi connectivity index (χ3v) is 4.37. The second kappa shape index (κ2) is 6.37. The number of fused-ring (bicyclic) bond motifs is 1. The molecule has 7 nitrogen and oxygen atoms in total. The molecule has 1 fully saturated rings. The second-order valence-corrected chi connectivity index (χ2v) is 7.38. The van der Waals surface area contributed by atoms with Crippen LogP contribution in [0.25, 0.3) is 0 Å². The van der Waals surface area contributed by atoms with Gasteiger partial charge in [0.1, 0.15) is 17.7 Å². The van der Waals surface area contributed by atoms with E-state index in [4.69, 9.17) is 4.74 Å². The van der Waals surface area contributed by atoms with E-state index in [-0.39, 0.29) is 17.9 Å². The van der Waals surface area contributed by atoms with Crippen LogP contribution in [-0.2, 0) is 16.0 Å². The lowest BCUT2D eigenvalue weighted by molar-refractivity contribution is -0.116. The Morgan fingerprint density at radius 2 is 1.96 bits per heavy atom. The third kappa shape index (κ3) is 3.66. The highest BCUT2D eigenvalue weighted by molar-refractivity contribution is 5.92. The summed E-state index contributed by atoms with van der Waals surface area (Å²) in [5.74, 6) is 0.938. The van der Waals surface area contributed by atoms with Gasteiger partial charge in [0, 0.05) is 31.0 Å². The van der Waals surface area contributed by atoms with Crippen molar-refractivity contribution in [2.24, 2.45) is 0 Å². The predicted octanol–water partition coefficient (Wildman–Crippen LogP) is 2.48. The van der Waals surface area contributed by atoms with Crippen molar-refractivity contribution in [2.75, 3.05) is 18.4 Å². The van der Waals surface area contributed by atoms with Crippen LogP contribution in [0.3, 0.4) is 0 Å². The Morgan fingerprint density at radius 3 is 2.62 bits per heavy atom. The molecule has 3 heterocycles. The van der Waals surface area contributed by atoms with Crippen LogP contribution in [0.2, 0.25) is 0 Å². The van der Waals surface area contributed by atoms with Crippen molar-refractivity contribution in [3.05, 3.63) is 17.6 Å². The number of nitrogens with zero attached hydrogens (tertiary/aromatic N) is 3. The highest BCUT2D eigenvalue weighted by atomic mass is 16.6. The van der Waals surface area contributed by atoms with Crippen molar-refractivity contribution < 1.29 is 14.3 Å². The molecular formula is C17H24N4O3. The lowest BCUT2D eigenvalue weighted by atomic mass is 9.88. The molecule has 0 unspecified atom stereocenters. The minimum Gasteiger partial charge on any atom is -0.444 e. The van der Waals surface area contributed by atoms with Crippen molar-refractivity contribution in [1.29, 1.82) is 0 Å². The lowest BCUT2D eigenvalue weighted by Crippen LogP contribution is -2.41. The lowest BCUT2D eigenvalue weighted by Gasteiger charge is -2.34. The van der Waals surface area contributed by atoms with Gasteiger partial charge in [0.15, 0.2) is 0 Å². The first-order valence-corrected chi connectivity index (χ1v) is 8.45. The predicted molar refractivity (Wildman–Crippen MR) is 88.8 cm³/mol. The van der Waals surface area contributed by atoms with Gasteiger partial charge >= 0.3 is 6.09 Å². The molecule has 130 valence electrons. The number of aromatic nitrogens is 2. The van der Waals surface area contributed by atoms with Gasteiger partial charge in [-0.25, -0.2) is 14.8 Å². The summed E-state index contributed by atoms with van der Waals surface area (Å²) >= 11 is 0. The van der Waals surface area contributed by atoms with Crippen LogP contribution in [0.1, 0.15) is 57.2 Å². The molecule has 1 N–H and O–H groups in total.